The number of esters is 3. The van der Waals surface area contributed by atoms with Crippen LogP contribution in [-0.4, -0.2) is 89.2 Å². The Kier molecular flexibility index (Phi) is 46.8. The van der Waals surface area contributed by atoms with Crippen molar-refractivity contribution in [1.82, 2.24) is 0 Å². The maximum atomic E-state index is 13.1. The number of aliphatic hydroxyl groups is 2. The Morgan fingerprint density at radius 2 is 0.849 bits per heavy atom. The maximum absolute atomic E-state index is 13.1. The summed E-state index contributed by atoms with van der Waals surface area (Å²) >= 11 is 0. The zero-order chi connectivity index (χ0) is 53.3. The monoisotopic (exact) mass is 1030 g/mol. The molecule has 3 N–H and O–H groups in total. The van der Waals surface area contributed by atoms with Gasteiger partial charge in [-0.2, -0.15) is 0 Å². The smallest absolute Gasteiger partial charge is 0.335 e. The summed E-state index contributed by atoms with van der Waals surface area (Å²) in [7, 11) is 0. The molecular weight excluding hydrogens is 925 g/mol. The van der Waals surface area contributed by atoms with Gasteiger partial charge < -0.3 is 39.0 Å². The number of allylic oxidation sites excluding steroid dienone is 4. The molecule has 1 fully saturated rings. The number of carboxylic acids is 1. The fourth-order valence-electron chi connectivity index (χ4n) is 9.35. The van der Waals surface area contributed by atoms with Gasteiger partial charge in [-0.15, -0.1) is 0 Å². The molecule has 1 aliphatic rings. The van der Waals surface area contributed by atoms with Gasteiger partial charge in [0.2, 0.25) is 0 Å². The van der Waals surface area contributed by atoms with E-state index in [4.69, 9.17) is 23.7 Å². The van der Waals surface area contributed by atoms with Gasteiger partial charge in [-0.25, -0.2) is 4.79 Å². The quantitative estimate of drug-likeness (QED) is 0.0228. The summed E-state index contributed by atoms with van der Waals surface area (Å²) < 4.78 is 28.4. The lowest BCUT2D eigenvalue weighted by Crippen LogP contribution is -2.61. The molecule has 12 heteroatoms. The first-order chi connectivity index (χ1) is 35.6. The fraction of sp³-hybridized carbons (Fsp3) is 0.869. The highest BCUT2D eigenvalue weighted by Crippen LogP contribution is 2.27. The third-order valence-corrected chi connectivity index (χ3v) is 14.0. The van der Waals surface area contributed by atoms with Crippen molar-refractivity contribution in [2.45, 2.75) is 327 Å². The summed E-state index contributed by atoms with van der Waals surface area (Å²) in [5.41, 5.74) is 0. The van der Waals surface area contributed by atoms with Crippen LogP contribution in [0.4, 0.5) is 0 Å². The van der Waals surface area contributed by atoms with E-state index in [1.165, 1.54) is 141 Å². The van der Waals surface area contributed by atoms with Gasteiger partial charge >= 0.3 is 23.9 Å². The van der Waals surface area contributed by atoms with Crippen LogP contribution in [0.15, 0.2) is 24.3 Å². The van der Waals surface area contributed by atoms with Gasteiger partial charge in [0.05, 0.1) is 6.61 Å². The van der Waals surface area contributed by atoms with E-state index in [0.717, 1.165) is 89.9 Å². The SMILES string of the molecule is CCC/C=C\C/C=C\CCCCCCCC(=O)OC(COC(=O)CCCCCCCCCCCCCCCCC)COC1OC(C(=O)O)C(O)C(O)C1OC(=O)CCCCCCCCCCCCCCCCC. The first kappa shape index (κ1) is 68.2. The molecule has 0 saturated carbocycles. The van der Waals surface area contributed by atoms with Crippen LogP contribution in [0.2, 0.25) is 0 Å². The second-order valence-electron chi connectivity index (χ2n) is 21.0. The second kappa shape index (κ2) is 50.0. The Balaban J connectivity index is 2.67. The molecule has 0 spiro atoms. The Bertz CT molecular complexity index is 1370. The summed E-state index contributed by atoms with van der Waals surface area (Å²) in [5.74, 6) is -3.10. The molecule has 1 rings (SSSR count). The highest BCUT2D eigenvalue weighted by molar-refractivity contribution is 5.74. The van der Waals surface area contributed by atoms with Crippen molar-refractivity contribution in [1.29, 1.82) is 0 Å². The van der Waals surface area contributed by atoms with Crippen LogP contribution in [-0.2, 0) is 42.9 Å². The number of carbonyl (C=O) groups excluding carboxylic acids is 3. The van der Waals surface area contributed by atoms with Crippen LogP contribution in [0.1, 0.15) is 290 Å². The molecule has 0 bridgehead atoms. The number of carbonyl (C=O) groups is 4. The van der Waals surface area contributed by atoms with E-state index in [-0.39, 0.29) is 25.9 Å². The molecule has 73 heavy (non-hydrogen) atoms. The van der Waals surface area contributed by atoms with Crippen LogP contribution in [0, 0.1) is 0 Å². The van der Waals surface area contributed by atoms with Gasteiger partial charge in [0.25, 0.3) is 0 Å². The summed E-state index contributed by atoms with van der Waals surface area (Å²) in [5, 5.41) is 31.5. The number of hydrogen-bond acceptors (Lipinski definition) is 11. The van der Waals surface area contributed by atoms with Crippen molar-refractivity contribution in [2.24, 2.45) is 0 Å². The third-order valence-electron chi connectivity index (χ3n) is 14.0. The maximum Gasteiger partial charge on any atom is 0.335 e. The average molecular weight is 1040 g/mol. The van der Waals surface area contributed by atoms with Gasteiger partial charge in [0.1, 0.15) is 18.8 Å². The minimum atomic E-state index is -1.90. The predicted octanol–water partition coefficient (Wildman–Crippen LogP) is 15.5. The van der Waals surface area contributed by atoms with Crippen molar-refractivity contribution in [3.05, 3.63) is 24.3 Å². The molecule has 0 radical (unpaired) electrons. The van der Waals surface area contributed by atoms with Crippen LogP contribution in [0.25, 0.3) is 0 Å². The minimum Gasteiger partial charge on any atom is -0.479 e. The number of unbranched alkanes of at least 4 members (excludes halogenated alkanes) is 34. The van der Waals surface area contributed by atoms with E-state index in [9.17, 15) is 34.5 Å². The minimum absolute atomic E-state index is 0.0657. The van der Waals surface area contributed by atoms with E-state index < -0.39 is 67.3 Å². The lowest BCUT2D eigenvalue weighted by Gasteiger charge is -2.40. The highest BCUT2D eigenvalue weighted by Gasteiger charge is 2.50. The predicted molar refractivity (Wildman–Crippen MR) is 294 cm³/mol. The van der Waals surface area contributed by atoms with E-state index in [1.807, 2.05) is 0 Å². The highest BCUT2D eigenvalue weighted by atomic mass is 16.7. The first-order valence-corrected chi connectivity index (χ1v) is 30.3. The van der Waals surface area contributed by atoms with Gasteiger partial charge in [-0.1, -0.05) is 251 Å². The van der Waals surface area contributed by atoms with Crippen LogP contribution in [0.5, 0.6) is 0 Å². The topological polar surface area (TPSA) is 175 Å². The van der Waals surface area contributed by atoms with E-state index >= 15 is 0 Å². The molecule has 0 amide bonds. The number of rotatable bonds is 52. The van der Waals surface area contributed by atoms with Gasteiger partial charge in [-0.05, 0) is 44.9 Å². The Morgan fingerprint density at radius 3 is 1.29 bits per heavy atom. The lowest BCUT2D eigenvalue weighted by molar-refractivity contribution is -0.301. The zero-order valence-electron chi connectivity index (χ0n) is 46.9. The zero-order valence-corrected chi connectivity index (χ0v) is 46.9. The number of aliphatic hydroxyl groups excluding tert-OH is 2. The fourth-order valence-corrected chi connectivity index (χ4v) is 9.35. The molecule has 1 aliphatic heterocycles. The largest absolute Gasteiger partial charge is 0.479 e. The second-order valence-corrected chi connectivity index (χ2v) is 21.0. The normalized spacial score (nSPS) is 18.4. The van der Waals surface area contributed by atoms with E-state index in [1.54, 1.807) is 0 Å². The van der Waals surface area contributed by atoms with Crippen molar-refractivity contribution in [2.75, 3.05) is 13.2 Å². The third kappa shape index (κ3) is 40.2. The summed E-state index contributed by atoms with van der Waals surface area (Å²) in [6.07, 6.45) is 44.3. The molecule has 1 heterocycles. The van der Waals surface area contributed by atoms with E-state index in [2.05, 4.69) is 45.1 Å². The molecule has 0 aliphatic carbocycles. The Hall–Kier alpha value is -2.80. The van der Waals surface area contributed by atoms with Gasteiger partial charge in [0, 0.05) is 19.3 Å². The van der Waals surface area contributed by atoms with Gasteiger partial charge in [0.15, 0.2) is 24.6 Å². The summed E-state index contributed by atoms with van der Waals surface area (Å²) in [6, 6.07) is 0. The molecule has 0 aromatic carbocycles. The van der Waals surface area contributed by atoms with Crippen LogP contribution < -0.4 is 0 Å². The first-order valence-electron chi connectivity index (χ1n) is 30.3. The summed E-state index contributed by atoms with van der Waals surface area (Å²) in [4.78, 5) is 51.1. The van der Waals surface area contributed by atoms with Crippen LogP contribution >= 0.6 is 0 Å². The molecule has 0 aromatic rings. The Labute approximate surface area is 445 Å². The molecular formula is C61H110O12. The van der Waals surface area contributed by atoms with Crippen LogP contribution in [0.3, 0.4) is 0 Å². The van der Waals surface area contributed by atoms with Crippen molar-refractivity contribution < 1.29 is 58.2 Å². The molecule has 1 saturated heterocycles. The standard InChI is InChI=1S/C61H110O12/c1-4-7-10-13-16-19-22-25-27-30-32-35-38-41-44-47-53(62)69-50-52(71-54(63)48-45-42-39-36-33-29-24-21-18-15-12-9-6-3)51-70-61-59(57(66)56(65)58(73-61)60(67)68)72-55(64)49-46-43-40-37-34-31-28-26-23-20-17-14-11-8-5-2/h12,15,21,24,52,56-59,61,65-66H,4-11,13-14,16-20,22-23,25-51H2,1-3H3,(H,67,68)/b15-12-,24-21-. The number of ether oxygens (including phenoxy) is 5. The van der Waals surface area contributed by atoms with Crippen molar-refractivity contribution in [3.63, 3.8) is 0 Å². The van der Waals surface area contributed by atoms with Crippen molar-refractivity contribution in [3.8, 4) is 0 Å². The molecule has 6 atom stereocenters. The summed E-state index contributed by atoms with van der Waals surface area (Å²) in [6.45, 7) is 5.95. The number of carboxylic acid groups (broad SMARTS) is 1. The molecule has 426 valence electrons. The van der Waals surface area contributed by atoms with Gasteiger partial charge in [-0.3, -0.25) is 14.4 Å². The lowest BCUT2D eigenvalue weighted by atomic mass is 9.98. The number of hydrogen-bond donors (Lipinski definition) is 3. The average Bonchev–Trinajstić information content (AvgIpc) is 3.37. The number of aliphatic carboxylic acids is 1. The Morgan fingerprint density at radius 1 is 0.452 bits per heavy atom. The van der Waals surface area contributed by atoms with Crippen molar-refractivity contribution >= 4 is 23.9 Å². The molecule has 0 aromatic heterocycles. The van der Waals surface area contributed by atoms with E-state index in [0.29, 0.717) is 19.3 Å². The molecule has 12 nitrogen and oxygen atoms in total. The molecule has 6 unspecified atom stereocenters.